The number of allylic oxidation sites excluding steroid dienone is 1. The van der Waals surface area contributed by atoms with Crippen LogP contribution in [0.4, 0.5) is 0 Å². The molecule has 4 nitrogen and oxygen atoms in total. The van der Waals surface area contributed by atoms with Gasteiger partial charge in [-0.3, -0.25) is 4.55 Å². The Morgan fingerprint density at radius 1 is 1.50 bits per heavy atom. The Balaban J connectivity index is 4.35. The predicted molar refractivity (Wildman–Crippen MR) is 37.0 cm³/mol. The van der Waals surface area contributed by atoms with Crippen LogP contribution >= 0.6 is 23.2 Å². The molecule has 60 valence electrons. The fraction of sp³-hybridized carbons (Fsp3) is 0.333. The van der Waals surface area contributed by atoms with Crippen molar-refractivity contribution in [3.8, 4) is 0 Å². The van der Waals surface area contributed by atoms with Gasteiger partial charge in [-0.15, -0.1) is 0 Å². The molecule has 0 spiro atoms. The molecular formula is C3H4Cl2O4S. The van der Waals surface area contributed by atoms with Crippen LogP contribution in [0.15, 0.2) is 10.3 Å². The van der Waals surface area contributed by atoms with E-state index >= 15 is 0 Å². The molecule has 1 N–H and O–H groups in total. The summed E-state index contributed by atoms with van der Waals surface area (Å²) in [6, 6.07) is 0. The van der Waals surface area contributed by atoms with Gasteiger partial charge in [0, 0.05) is 0 Å². The second-order valence-electron chi connectivity index (χ2n) is 1.32. The van der Waals surface area contributed by atoms with E-state index in [2.05, 4.69) is 4.18 Å². The summed E-state index contributed by atoms with van der Waals surface area (Å²) in [5.74, 6) is 0. The summed E-state index contributed by atoms with van der Waals surface area (Å²) in [7, 11) is -4.54. The third-order valence-corrected chi connectivity index (χ3v) is 1.55. The minimum Gasteiger partial charge on any atom is -0.348 e. The van der Waals surface area contributed by atoms with Crippen LogP contribution in [0, 0.1) is 0 Å². The van der Waals surface area contributed by atoms with Crippen molar-refractivity contribution in [1.29, 1.82) is 0 Å². The van der Waals surface area contributed by atoms with Crippen molar-refractivity contribution in [3.63, 3.8) is 0 Å². The molecule has 0 aromatic rings. The molecule has 0 aliphatic heterocycles. The largest absolute Gasteiger partial charge is 0.447 e. The van der Waals surface area contributed by atoms with E-state index in [1.165, 1.54) is 6.92 Å². The zero-order valence-electron chi connectivity index (χ0n) is 4.84. The lowest BCUT2D eigenvalue weighted by atomic mass is 10.7. The van der Waals surface area contributed by atoms with Gasteiger partial charge in [0.25, 0.3) is 0 Å². The molecule has 10 heavy (non-hydrogen) atoms. The Kier molecular flexibility index (Phi) is 3.44. The third-order valence-electron chi connectivity index (χ3n) is 0.449. The van der Waals surface area contributed by atoms with E-state index in [-0.39, 0.29) is 5.03 Å². The molecule has 7 heteroatoms. The van der Waals surface area contributed by atoms with Gasteiger partial charge in [-0.2, -0.15) is 8.42 Å². The summed E-state index contributed by atoms with van der Waals surface area (Å²) in [4.78, 5) is 0. The Morgan fingerprint density at radius 3 is 2.00 bits per heavy atom. The van der Waals surface area contributed by atoms with E-state index < -0.39 is 15.6 Å². The van der Waals surface area contributed by atoms with Gasteiger partial charge in [-0.25, -0.2) is 0 Å². The molecule has 0 aliphatic carbocycles. The molecule has 0 radical (unpaired) electrons. The maximum atomic E-state index is 9.90. The SMILES string of the molecule is C/C(Cl)=C(\Cl)OS(=O)(=O)O. The molecule has 0 saturated carbocycles. The Morgan fingerprint density at radius 2 is 1.90 bits per heavy atom. The van der Waals surface area contributed by atoms with Gasteiger partial charge >= 0.3 is 10.4 Å². The van der Waals surface area contributed by atoms with E-state index in [1.807, 2.05) is 0 Å². The van der Waals surface area contributed by atoms with Crippen molar-refractivity contribution < 1.29 is 17.2 Å². The lowest BCUT2D eigenvalue weighted by molar-refractivity contribution is 0.347. The van der Waals surface area contributed by atoms with E-state index in [9.17, 15) is 8.42 Å². The van der Waals surface area contributed by atoms with Crippen LogP contribution in [0.1, 0.15) is 6.92 Å². The van der Waals surface area contributed by atoms with Crippen LogP contribution < -0.4 is 0 Å². The average Bonchev–Trinajstić information content (AvgIpc) is 1.60. The molecule has 0 amide bonds. The highest BCUT2D eigenvalue weighted by molar-refractivity contribution is 7.81. The number of hydrogen-bond acceptors (Lipinski definition) is 3. The van der Waals surface area contributed by atoms with E-state index in [0.29, 0.717) is 0 Å². The van der Waals surface area contributed by atoms with Gasteiger partial charge in [-0.05, 0) is 18.5 Å². The summed E-state index contributed by atoms with van der Waals surface area (Å²) in [5, 5.41) is -0.622. The van der Waals surface area contributed by atoms with Gasteiger partial charge in [-0.1, -0.05) is 11.6 Å². The maximum Gasteiger partial charge on any atom is 0.447 e. The van der Waals surface area contributed by atoms with Crippen molar-refractivity contribution in [1.82, 2.24) is 0 Å². The Labute approximate surface area is 68.3 Å². The number of hydrogen-bond donors (Lipinski definition) is 1. The van der Waals surface area contributed by atoms with Gasteiger partial charge < -0.3 is 4.18 Å². The van der Waals surface area contributed by atoms with Crippen LogP contribution in [0.25, 0.3) is 0 Å². The zero-order valence-corrected chi connectivity index (χ0v) is 7.16. The second-order valence-corrected chi connectivity index (χ2v) is 3.25. The van der Waals surface area contributed by atoms with Crippen molar-refractivity contribution >= 4 is 33.6 Å². The molecule has 0 rings (SSSR count). The summed E-state index contributed by atoms with van der Waals surface area (Å²) in [6.45, 7) is 1.31. The van der Waals surface area contributed by atoms with Crippen LogP contribution in [-0.4, -0.2) is 13.0 Å². The molecule has 0 aromatic carbocycles. The minimum atomic E-state index is -4.54. The normalized spacial score (nSPS) is 14.4. The first-order chi connectivity index (χ1) is 4.33. The fourth-order valence-corrected chi connectivity index (χ4v) is 0.783. The molecular weight excluding hydrogens is 203 g/mol. The molecule has 0 heterocycles. The monoisotopic (exact) mass is 206 g/mol. The van der Waals surface area contributed by atoms with Crippen LogP contribution in [-0.2, 0) is 14.6 Å². The standard InChI is InChI=1S/C3H4Cl2O4S/c1-2(4)3(5)9-10(6,7)8/h1H3,(H,6,7,8)/b3-2-. The maximum absolute atomic E-state index is 9.90. The highest BCUT2D eigenvalue weighted by Gasteiger charge is 2.08. The van der Waals surface area contributed by atoms with Gasteiger partial charge in [0.05, 0.1) is 5.03 Å². The zero-order chi connectivity index (χ0) is 8.36. The second kappa shape index (κ2) is 3.43. The lowest BCUT2D eigenvalue weighted by Crippen LogP contribution is -2.00. The quantitative estimate of drug-likeness (QED) is 0.550. The first-order valence-corrected chi connectivity index (χ1v) is 4.14. The number of rotatable bonds is 2. The van der Waals surface area contributed by atoms with Gasteiger partial charge in [0.2, 0.25) is 5.22 Å². The fourth-order valence-electron chi connectivity index (χ4n) is 0.150. The van der Waals surface area contributed by atoms with Crippen LogP contribution in [0.5, 0.6) is 0 Å². The molecule has 0 fully saturated rings. The van der Waals surface area contributed by atoms with Crippen molar-refractivity contribution in [2.24, 2.45) is 0 Å². The van der Waals surface area contributed by atoms with E-state index in [4.69, 9.17) is 27.8 Å². The average molecular weight is 207 g/mol. The summed E-state index contributed by atoms with van der Waals surface area (Å²) in [5.41, 5.74) is 0. The topological polar surface area (TPSA) is 63.6 Å². The molecule has 0 unspecified atom stereocenters. The molecule has 0 aliphatic rings. The summed E-state index contributed by atoms with van der Waals surface area (Å²) < 4.78 is 31.6. The van der Waals surface area contributed by atoms with Crippen LogP contribution in [0.3, 0.4) is 0 Å². The van der Waals surface area contributed by atoms with Crippen molar-refractivity contribution in [2.75, 3.05) is 0 Å². The first kappa shape index (κ1) is 10.0. The lowest BCUT2D eigenvalue weighted by Gasteiger charge is -1.97. The predicted octanol–water partition coefficient (Wildman–Crippen LogP) is 1.47. The van der Waals surface area contributed by atoms with Gasteiger partial charge in [0.1, 0.15) is 0 Å². The third kappa shape index (κ3) is 4.87. The Bertz CT molecular complexity index is 237. The molecule has 0 bridgehead atoms. The van der Waals surface area contributed by atoms with Crippen molar-refractivity contribution in [3.05, 3.63) is 10.3 Å². The minimum absolute atomic E-state index is 0.0562. The smallest absolute Gasteiger partial charge is 0.348 e. The molecule has 0 aromatic heterocycles. The number of halogens is 2. The molecule has 0 saturated heterocycles. The van der Waals surface area contributed by atoms with E-state index in [0.717, 1.165) is 0 Å². The highest BCUT2D eigenvalue weighted by atomic mass is 35.5. The van der Waals surface area contributed by atoms with Gasteiger partial charge in [0.15, 0.2) is 0 Å². The summed E-state index contributed by atoms with van der Waals surface area (Å²) >= 11 is 10.3. The Hall–Kier alpha value is 0.0300. The van der Waals surface area contributed by atoms with E-state index in [1.54, 1.807) is 0 Å². The van der Waals surface area contributed by atoms with Crippen molar-refractivity contribution in [2.45, 2.75) is 6.92 Å². The first-order valence-electron chi connectivity index (χ1n) is 2.01. The van der Waals surface area contributed by atoms with Crippen LogP contribution in [0.2, 0.25) is 0 Å². The highest BCUT2D eigenvalue weighted by Crippen LogP contribution is 2.15. The summed E-state index contributed by atoms with van der Waals surface area (Å²) in [6.07, 6.45) is 0. The molecule has 0 atom stereocenters.